The number of carbonyl (C=O) groups is 1. The molecular weight excluding hydrogens is 480 g/mol. The second-order valence-corrected chi connectivity index (χ2v) is 9.69. The second-order valence-electron chi connectivity index (χ2n) is 6.46. The number of carbonyl (C=O) groups excluding carboxylic acids is 1. The molecule has 1 aliphatic rings. The van der Waals surface area contributed by atoms with Crippen molar-refractivity contribution >= 4 is 21.4 Å². The first kappa shape index (κ1) is 25.9. The Morgan fingerprint density at radius 3 is 2.66 bits per heavy atom. The fourth-order valence-corrected chi connectivity index (χ4v) is 5.01. The number of aryl methyl sites for hydroxylation is 1. The van der Waals surface area contributed by atoms with E-state index in [1.165, 1.54) is 13.1 Å². The summed E-state index contributed by atoms with van der Waals surface area (Å²) in [5, 5.41) is 3.50. The maximum absolute atomic E-state index is 12.2. The molecule has 0 amide bonds. The van der Waals surface area contributed by atoms with Crippen molar-refractivity contribution in [1.82, 2.24) is 9.55 Å². The zero-order valence-electron chi connectivity index (χ0n) is 16.5. The maximum atomic E-state index is 12.2. The molecule has 32 heavy (non-hydrogen) atoms. The van der Waals surface area contributed by atoms with E-state index in [-0.39, 0.29) is 12.0 Å². The lowest BCUT2D eigenvalue weighted by atomic mass is 10.1. The topological polar surface area (TPSA) is 252 Å². The van der Waals surface area contributed by atoms with Crippen LogP contribution in [0.4, 0.5) is 0 Å². The highest BCUT2D eigenvalue weighted by Crippen LogP contribution is 2.60. The summed E-state index contributed by atoms with van der Waals surface area (Å²) >= 11 is 0. The zero-order chi connectivity index (χ0) is 24.3. The van der Waals surface area contributed by atoms with Crippen molar-refractivity contribution in [3.05, 3.63) is 43.0 Å². The van der Waals surface area contributed by atoms with Gasteiger partial charge in [-0.15, -0.1) is 0 Å². The highest BCUT2D eigenvalue weighted by Gasteiger charge is 2.47. The minimum atomic E-state index is -5.49. The molecule has 17 nitrogen and oxygen atoms in total. The van der Waals surface area contributed by atoms with Gasteiger partial charge in [0.1, 0.15) is 6.23 Å². The molecule has 1 fully saturated rings. The molecule has 0 spiro atoms. The lowest BCUT2D eigenvalue weighted by molar-refractivity contribution is -0.151. The number of esters is 1. The van der Waals surface area contributed by atoms with Gasteiger partial charge < -0.3 is 28.9 Å². The summed E-state index contributed by atoms with van der Waals surface area (Å²) in [6.45, 7) is 0.738. The number of rotatable bonds is 9. The van der Waals surface area contributed by atoms with E-state index in [2.05, 4.69) is 24.1 Å². The first-order valence-corrected chi connectivity index (χ1v) is 11.8. The van der Waals surface area contributed by atoms with Gasteiger partial charge in [-0.2, -0.15) is 0 Å². The summed E-state index contributed by atoms with van der Waals surface area (Å²) in [6, 6.07) is -0.983. The van der Waals surface area contributed by atoms with Crippen molar-refractivity contribution in [2.75, 3.05) is 13.7 Å². The van der Waals surface area contributed by atoms with Crippen LogP contribution in [0.3, 0.4) is 0 Å². The Morgan fingerprint density at radius 1 is 1.44 bits per heavy atom. The average molecular weight is 499 g/mol. The molecule has 0 aromatic carbocycles. The molecule has 0 bridgehead atoms. The molecule has 1 aromatic rings. The van der Waals surface area contributed by atoms with Gasteiger partial charge in [0.05, 0.1) is 25.9 Å². The molecule has 0 saturated carbocycles. The molecular formula is C13H19N5O12P2. The summed E-state index contributed by atoms with van der Waals surface area (Å²) < 4.78 is 42.8. The van der Waals surface area contributed by atoms with Crippen molar-refractivity contribution in [3.8, 4) is 0 Å². The van der Waals surface area contributed by atoms with Crippen LogP contribution in [0.5, 0.6) is 0 Å². The van der Waals surface area contributed by atoms with Crippen molar-refractivity contribution in [2.24, 2.45) is 5.11 Å². The second kappa shape index (κ2) is 10.1. The summed E-state index contributed by atoms with van der Waals surface area (Å²) in [7, 11) is -10.1. The van der Waals surface area contributed by atoms with E-state index >= 15 is 0 Å². The molecule has 1 saturated heterocycles. The molecule has 19 heteroatoms. The average Bonchev–Trinajstić information content (AvgIpc) is 3.05. The highest BCUT2D eigenvalue weighted by atomic mass is 31.3. The summed E-state index contributed by atoms with van der Waals surface area (Å²) in [5.74, 6) is -3.95. The maximum Gasteiger partial charge on any atom is 0.476 e. The minimum Gasteiger partial charge on any atom is -0.467 e. The van der Waals surface area contributed by atoms with Crippen LogP contribution in [0.1, 0.15) is 18.2 Å². The van der Waals surface area contributed by atoms with Crippen molar-refractivity contribution < 1.29 is 47.1 Å². The Bertz CT molecular complexity index is 1120. The van der Waals surface area contributed by atoms with Crippen LogP contribution in [0, 0.1) is 6.92 Å². The fraction of sp³-hybridized carbons (Fsp3) is 0.615. The predicted molar refractivity (Wildman–Crippen MR) is 102 cm³/mol. The first-order valence-electron chi connectivity index (χ1n) is 8.59. The SMILES string of the molecule is COC(=O)C(OC[C@H]1O[C@@H](n2cc(C)c(=O)[nH]c2=O)C[C@@H]1N=[N+]=[N-])P(=O)(O)OP(=O)(O)O. The number of aromatic amines is 1. The van der Waals surface area contributed by atoms with Crippen molar-refractivity contribution in [2.45, 2.75) is 37.6 Å². The Labute approximate surface area is 178 Å². The molecule has 1 aromatic heterocycles. The minimum absolute atomic E-state index is 0.0673. The molecule has 178 valence electrons. The monoisotopic (exact) mass is 499 g/mol. The van der Waals surface area contributed by atoms with E-state index in [0.717, 1.165) is 11.7 Å². The van der Waals surface area contributed by atoms with Gasteiger partial charge in [0.2, 0.25) is 0 Å². The van der Waals surface area contributed by atoms with Crippen LogP contribution in [-0.4, -0.2) is 61.9 Å². The van der Waals surface area contributed by atoms with E-state index in [1.807, 2.05) is 0 Å². The van der Waals surface area contributed by atoms with Gasteiger partial charge in [-0.3, -0.25) is 18.9 Å². The van der Waals surface area contributed by atoms with Crippen LogP contribution in [0.2, 0.25) is 0 Å². The van der Waals surface area contributed by atoms with Gasteiger partial charge in [0, 0.05) is 23.1 Å². The van der Waals surface area contributed by atoms with E-state index in [1.54, 1.807) is 0 Å². The van der Waals surface area contributed by atoms with E-state index in [4.69, 9.17) is 24.8 Å². The van der Waals surface area contributed by atoms with Gasteiger partial charge in [-0.1, -0.05) is 5.11 Å². The van der Waals surface area contributed by atoms with E-state index in [9.17, 15) is 28.4 Å². The van der Waals surface area contributed by atoms with Gasteiger partial charge in [-0.25, -0.2) is 18.5 Å². The quantitative estimate of drug-likeness (QED) is 0.112. The van der Waals surface area contributed by atoms with Crippen molar-refractivity contribution in [3.63, 3.8) is 0 Å². The lowest BCUT2D eigenvalue weighted by Gasteiger charge is -2.23. The number of hydrogen-bond acceptors (Lipinski definition) is 10. The zero-order valence-corrected chi connectivity index (χ0v) is 18.3. The summed E-state index contributed by atoms with van der Waals surface area (Å²) in [5.41, 5.74) is 7.55. The van der Waals surface area contributed by atoms with Crippen LogP contribution < -0.4 is 11.2 Å². The van der Waals surface area contributed by atoms with Crippen LogP contribution >= 0.6 is 15.4 Å². The fourth-order valence-electron chi connectivity index (χ4n) is 2.80. The molecule has 0 aliphatic carbocycles. The van der Waals surface area contributed by atoms with Crippen molar-refractivity contribution in [1.29, 1.82) is 0 Å². The smallest absolute Gasteiger partial charge is 0.467 e. The molecule has 0 radical (unpaired) electrons. The van der Waals surface area contributed by atoms with Crippen LogP contribution in [0.25, 0.3) is 10.4 Å². The Morgan fingerprint density at radius 2 is 2.09 bits per heavy atom. The number of ether oxygens (including phenoxy) is 3. The van der Waals surface area contributed by atoms with Crippen LogP contribution in [0.15, 0.2) is 20.9 Å². The van der Waals surface area contributed by atoms with Gasteiger partial charge in [-0.05, 0) is 12.5 Å². The Hall–Kier alpha value is -2.32. The predicted octanol–water partition coefficient (Wildman–Crippen LogP) is -0.378. The number of H-pyrrole nitrogens is 1. The Kier molecular flexibility index (Phi) is 8.17. The Balaban J connectivity index is 2.26. The number of phosphoric acid groups is 1. The number of methoxy groups -OCH3 is 1. The van der Waals surface area contributed by atoms with E-state index < -0.39 is 63.5 Å². The van der Waals surface area contributed by atoms with Gasteiger partial charge in [0.15, 0.2) is 0 Å². The van der Waals surface area contributed by atoms with E-state index in [0.29, 0.717) is 0 Å². The molecule has 1 aliphatic heterocycles. The lowest BCUT2D eigenvalue weighted by Crippen LogP contribution is -2.34. The molecule has 4 N–H and O–H groups in total. The number of hydrogen-bond donors (Lipinski definition) is 4. The standard InChI is InChI=1S/C13H19N5O12P2/c1-6-4-18(13(21)15-10(6)19)9-3-7(16-17-14)8(29-9)5-28-12(11(20)27-2)31(22,23)30-32(24,25)26/h4,7-9,12H,3,5H2,1-2H3,(H,22,23)(H,15,19,21)(H2,24,25,26)/t7-,8+,9+,12?/m0/s1. The number of aromatic nitrogens is 2. The number of nitrogens with one attached hydrogen (secondary N) is 1. The summed E-state index contributed by atoms with van der Waals surface area (Å²) in [4.78, 5) is 67.6. The normalized spacial score (nSPS) is 23.7. The van der Waals surface area contributed by atoms with Gasteiger partial charge >= 0.3 is 27.1 Å². The molecule has 2 rings (SSSR count). The largest absolute Gasteiger partial charge is 0.476 e. The van der Waals surface area contributed by atoms with Crippen LogP contribution in [-0.2, 0) is 32.4 Å². The third-order valence-corrected chi connectivity index (χ3v) is 6.94. The third-order valence-electron chi connectivity index (χ3n) is 4.20. The summed E-state index contributed by atoms with van der Waals surface area (Å²) in [6.07, 6.45) is -1.06. The molecule has 5 atom stereocenters. The third kappa shape index (κ3) is 6.36. The first-order chi connectivity index (χ1) is 14.8. The number of azide groups is 1. The number of nitrogens with zero attached hydrogens (tertiary/aromatic N) is 4. The molecule has 2 heterocycles. The molecule has 2 unspecified atom stereocenters. The highest BCUT2D eigenvalue weighted by molar-refractivity contribution is 7.64. The van der Waals surface area contributed by atoms with Gasteiger partial charge in [0.25, 0.3) is 11.4 Å².